The molecule has 1 unspecified atom stereocenters. The van der Waals surface area contributed by atoms with Crippen molar-refractivity contribution in [3.63, 3.8) is 0 Å². The molecule has 5 nitrogen and oxygen atoms in total. The van der Waals surface area contributed by atoms with Gasteiger partial charge >= 0.3 is 0 Å². The van der Waals surface area contributed by atoms with Gasteiger partial charge in [-0.3, -0.25) is 4.90 Å². The molecule has 0 radical (unpaired) electrons. The van der Waals surface area contributed by atoms with E-state index in [4.69, 9.17) is 4.74 Å². The quantitative estimate of drug-likeness (QED) is 0.891. The molecule has 0 saturated carbocycles. The molecule has 1 atom stereocenters. The largest absolute Gasteiger partial charge is 0.369 e. The first-order chi connectivity index (χ1) is 9.69. The summed E-state index contributed by atoms with van der Waals surface area (Å²) in [6.07, 6.45) is 0.845. The van der Waals surface area contributed by atoms with Crippen molar-refractivity contribution >= 4 is 21.7 Å². The van der Waals surface area contributed by atoms with Crippen LogP contribution in [0.25, 0.3) is 0 Å². The van der Waals surface area contributed by atoms with Crippen LogP contribution in [-0.2, 0) is 11.2 Å². The summed E-state index contributed by atoms with van der Waals surface area (Å²) in [7, 11) is 0. The number of rotatable bonds is 5. The smallest absolute Gasteiger partial charge is 0.161 e. The lowest BCUT2D eigenvalue weighted by atomic mass is 10.2. The molecule has 2 heterocycles. The van der Waals surface area contributed by atoms with E-state index >= 15 is 0 Å². The van der Waals surface area contributed by atoms with Gasteiger partial charge in [-0.1, -0.05) is 13.8 Å². The normalized spacial score (nSPS) is 20.1. The molecule has 2 rings (SSSR count). The van der Waals surface area contributed by atoms with E-state index in [0.29, 0.717) is 0 Å². The van der Waals surface area contributed by atoms with Gasteiger partial charge in [0.15, 0.2) is 5.82 Å². The Balaban J connectivity index is 2.28. The van der Waals surface area contributed by atoms with Crippen LogP contribution in [0, 0.1) is 0 Å². The summed E-state index contributed by atoms with van der Waals surface area (Å²) in [5.74, 6) is 1.66. The monoisotopic (exact) mass is 342 g/mol. The van der Waals surface area contributed by atoms with E-state index in [0.717, 1.165) is 61.0 Å². The Morgan fingerprint density at radius 1 is 1.35 bits per heavy atom. The number of aryl methyl sites for hydroxylation is 1. The Morgan fingerprint density at radius 2 is 2.15 bits per heavy atom. The number of hydrogen-bond donors (Lipinski definition) is 1. The number of hydrogen-bond acceptors (Lipinski definition) is 5. The number of likely N-dealkylation sites (N-methyl/N-ethyl adjacent to an activating group) is 1. The molecule has 0 aromatic carbocycles. The topological polar surface area (TPSA) is 50.3 Å². The summed E-state index contributed by atoms with van der Waals surface area (Å²) in [4.78, 5) is 11.7. The van der Waals surface area contributed by atoms with Crippen molar-refractivity contribution < 1.29 is 4.74 Å². The molecular formula is C14H23BrN4O. The van der Waals surface area contributed by atoms with Gasteiger partial charge < -0.3 is 10.1 Å². The molecule has 0 bridgehead atoms. The zero-order valence-corrected chi connectivity index (χ0v) is 14.0. The lowest BCUT2D eigenvalue weighted by molar-refractivity contribution is -0.0326. The van der Waals surface area contributed by atoms with Crippen LogP contribution in [0.1, 0.15) is 38.4 Å². The first kappa shape index (κ1) is 15.7. The molecule has 0 spiro atoms. The molecule has 1 N–H and O–H groups in total. The number of aromatic nitrogens is 2. The zero-order valence-electron chi connectivity index (χ0n) is 12.4. The van der Waals surface area contributed by atoms with Gasteiger partial charge in [-0.25, -0.2) is 9.97 Å². The Hall–Kier alpha value is -0.720. The van der Waals surface area contributed by atoms with Crippen molar-refractivity contribution in [2.75, 3.05) is 38.1 Å². The van der Waals surface area contributed by atoms with Gasteiger partial charge in [0.25, 0.3) is 0 Å². The van der Waals surface area contributed by atoms with Crippen LogP contribution in [0.2, 0.25) is 0 Å². The second-order valence-corrected chi connectivity index (χ2v) is 5.62. The fraction of sp³-hybridized carbons (Fsp3) is 0.714. The van der Waals surface area contributed by atoms with E-state index in [2.05, 4.69) is 56.9 Å². The van der Waals surface area contributed by atoms with Crippen LogP contribution in [0.4, 0.5) is 5.82 Å². The van der Waals surface area contributed by atoms with Crippen LogP contribution in [0.15, 0.2) is 4.47 Å². The van der Waals surface area contributed by atoms with E-state index in [1.165, 1.54) is 0 Å². The molecule has 0 amide bonds. The van der Waals surface area contributed by atoms with Crippen LogP contribution < -0.4 is 5.32 Å². The predicted molar refractivity (Wildman–Crippen MR) is 84.1 cm³/mol. The first-order valence-corrected chi connectivity index (χ1v) is 8.12. The number of nitrogens with zero attached hydrogens (tertiary/aromatic N) is 3. The molecule has 1 aromatic heterocycles. The van der Waals surface area contributed by atoms with Crippen LogP contribution >= 0.6 is 15.9 Å². The van der Waals surface area contributed by atoms with Crippen molar-refractivity contribution in [2.24, 2.45) is 0 Å². The van der Waals surface area contributed by atoms with Crippen molar-refractivity contribution in [3.05, 3.63) is 16.0 Å². The standard InChI is InChI=1S/C14H23BrN4O/c1-4-10-12(15)14(16-5-2)18-13(17-10)11-9-19(6-3)7-8-20-11/h11H,4-9H2,1-3H3,(H,16,17,18). The minimum atomic E-state index is -0.0282. The molecule has 20 heavy (non-hydrogen) atoms. The molecule has 112 valence electrons. The minimum Gasteiger partial charge on any atom is -0.369 e. The summed E-state index contributed by atoms with van der Waals surface area (Å²) < 4.78 is 6.83. The zero-order chi connectivity index (χ0) is 14.5. The Labute approximate surface area is 129 Å². The maximum Gasteiger partial charge on any atom is 0.161 e. The third-order valence-corrected chi connectivity index (χ3v) is 4.34. The van der Waals surface area contributed by atoms with Gasteiger partial charge in [-0.05, 0) is 35.8 Å². The molecule has 0 aliphatic carbocycles. The molecular weight excluding hydrogens is 320 g/mol. The highest BCUT2D eigenvalue weighted by molar-refractivity contribution is 9.10. The lowest BCUT2D eigenvalue weighted by Gasteiger charge is -2.31. The number of halogens is 1. The number of ether oxygens (including phenoxy) is 1. The van der Waals surface area contributed by atoms with E-state index in [1.54, 1.807) is 0 Å². The van der Waals surface area contributed by atoms with Crippen molar-refractivity contribution in [2.45, 2.75) is 33.3 Å². The molecule has 1 aromatic rings. The number of nitrogens with one attached hydrogen (secondary N) is 1. The molecule has 6 heteroatoms. The van der Waals surface area contributed by atoms with Gasteiger partial charge in [0, 0.05) is 19.6 Å². The molecule has 1 aliphatic rings. The van der Waals surface area contributed by atoms with Crippen LogP contribution in [-0.4, -0.2) is 47.7 Å². The van der Waals surface area contributed by atoms with E-state index < -0.39 is 0 Å². The van der Waals surface area contributed by atoms with Crippen LogP contribution in [0.3, 0.4) is 0 Å². The highest BCUT2D eigenvalue weighted by Crippen LogP contribution is 2.28. The number of morpholine rings is 1. The minimum absolute atomic E-state index is 0.0282. The third-order valence-electron chi connectivity index (χ3n) is 3.50. The van der Waals surface area contributed by atoms with E-state index in [-0.39, 0.29) is 6.10 Å². The second-order valence-electron chi connectivity index (χ2n) is 4.83. The summed E-state index contributed by atoms with van der Waals surface area (Å²) in [6, 6.07) is 0. The van der Waals surface area contributed by atoms with E-state index in [1.807, 2.05) is 0 Å². The Morgan fingerprint density at radius 3 is 2.80 bits per heavy atom. The van der Waals surface area contributed by atoms with Gasteiger partial charge in [0.2, 0.25) is 0 Å². The van der Waals surface area contributed by atoms with E-state index in [9.17, 15) is 0 Å². The Bertz CT molecular complexity index is 455. The summed E-state index contributed by atoms with van der Waals surface area (Å²) in [5.41, 5.74) is 1.03. The maximum absolute atomic E-state index is 5.86. The molecule has 1 saturated heterocycles. The van der Waals surface area contributed by atoms with Crippen molar-refractivity contribution in [1.82, 2.24) is 14.9 Å². The van der Waals surface area contributed by atoms with Crippen molar-refractivity contribution in [3.8, 4) is 0 Å². The van der Waals surface area contributed by atoms with Crippen LogP contribution in [0.5, 0.6) is 0 Å². The fourth-order valence-corrected chi connectivity index (χ4v) is 2.92. The average molecular weight is 343 g/mol. The highest BCUT2D eigenvalue weighted by Gasteiger charge is 2.25. The van der Waals surface area contributed by atoms with Gasteiger partial charge in [0.05, 0.1) is 16.8 Å². The fourth-order valence-electron chi connectivity index (χ4n) is 2.32. The molecule has 1 aliphatic heterocycles. The maximum atomic E-state index is 5.86. The average Bonchev–Trinajstić information content (AvgIpc) is 2.49. The van der Waals surface area contributed by atoms with Gasteiger partial charge in [-0.2, -0.15) is 0 Å². The lowest BCUT2D eigenvalue weighted by Crippen LogP contribution is -2.38. The Kier molecular flexibility index (Phi) is 5.74. The predicted octanol–water partition coefficient (Wildman–Crippen LogP) is 2.63. The first-order valence-electron chi connectivity index (χ1n) is 7.33. The summed E-state index contributed by atoms with van der Waals surface area (Å²) in [5, 5.41) is 3.29. The van der Waals surface area contributed by atoms with Gasteiger partial charge in [0.1, 0.15) is 11.9 Å². The number of anilines is 1. The highest BCUT2D eigenvalue weighted by atomic mass is 79.9. The summed E-state index contributed by atoms with van der Waals surface area (Å²) in [6.45, 7) is 10.8. The SMILES string of the molecule is CCNc1nc(C2CN(CC)CCO2)nc(CC)c1Br. The third kappa shape index (κ3) is 3.48. The molecule has 1 fully saturated rings. The van der Waals surface area contributed by atoms with Gasteiger partial charge in [-0.15, -0.1) is 0 Å². The van der Waals surface area contributed by atoms with Crippen molar-refractivity contribution in [1.29, 1.82) is 0 Å². The summed E-state index contributed by atoms with van der Waals surface area (Å²) >= 11 is 3.59. The second kappa shape index (κ2) is 7.33.